The Morgan fingerprint density at radius 3 is 2.39 bits per heavy atom. The Hall–Kier alpha value is -0.810. The van der Waals surface area contributed by atoms with Crippen molar-refractivity contribution in [3.05, 3.63) is 0 Å². The van der Waals surface area contributed by atoms with E-state index in [0.29, 0.717) is 11.3 Å². The number of hydrogen-bond donors (Lipinski definition) is 2. The predicted molar refractivity (Wildman–Crippen MR) is 99.0 cm³/mol. The lowest BCUT2D eigenvalue weighted by molar-refractivity contribution is 0.131. The Balaban J connectivity index is 1.64. The summed E-state index contributed by atoms with van der Waals surface area (Å²) in [5, 5.41) is 7.06. The van der Waals surface area contributed by atoms with E-state index in [1.807, 2.05) is 7.05 Å². The molecule has 0 radical (unpaired) electrons. The minimum atomic E-state index is 0.531. The summed E-state index contributed by atoms with van der Waals surface area (Å²) in [4.78, 5) is 9.38. The van der Waals surface area contributed by atoms with E-state index >= 15 is 0 Å². The van der Waals surface area contributed by atoms with Gasteiger partial charge in [0.2, 0.25) is 0 Å². The highest BCUT2D eigenvalue weighted by Gasteiger charge is 2.34. The van der Waals surface area contributed by atoms with Crippen molar-refractivity contribution in [3.63, 3.8) is 0 Å². The first kappa shape index (κ1) is 18.5. The van der Waals surface area contributed by atoms with Crippen molar-refractivity contribution in [2.24, 2.45) is 16.3 Å². The third-order valence-electron chi connectivity index (χ3n) is 5.80. The molecule has 0 aromatic heterocycles. The second kappa shape index (κ2) is 8.88. The topological polar surface area (TPSA) is 42.9 Å². The van der Waals surface area contributed by atoms with Gasteiger partial charge in [0.25, 0.3) is 0 Å². The largest absolute Gasteiger partial charge is 0.356 e. The van der Waals surface area contributed by atoms with Gasteiger partial charge in [0, 0.05) is 52.9 Å². The molecule has 0 bridgehead atoms. The Labute approximate surface area is 142 Å². The molecular formula is C18H37N5. The van der Waals surface area contributed by atoms with Crippen LogP contribution in [0.4, 0.5) is 0 Å². The van der Waals surface area contributed by atoms with E-state index < -0.39 is 0 Å². The SMILES string of the molecule is CCC1(CNC(=NC)NCC(C)CN2CCN(C)CC2)CCC1. The highest BCUT2D eigenvalue weighted by molar-refractivity contribution is 5.79. The van der Waals surface area contributed by atoms with E-state index in [9.17, 15) is 0 Å². The summed E-state index contributed by atoms with van der Waals surface area (Å²) in [7, 11) is 4.09. The fourth-order valence-corrected chi connectivity index (χ4v) is 3.63. The molecule has 1 heterocycles. The molecule has 2 fully saturated rings. The summed E-state index contributed by atoms with van der Waals surface area (Å²) < 4.78 is 0. The molecule has 23 heavy (non-hydrogen) atoms. The van der Waals surface area contributed by atoms with Crippen LogP contribution in [-0.4, -0.2) is 75.7 Å². The van der Waals surface area contributed by atoms with Crippen LogP contribution in [0.25, 0.3) is 0 Å². The van der Waals surface area contributed by atoms with Gasteiger partial charge >= 0.3 is 0 Å². The van der Waals surface area contributed by atoms with Crippen molar-refractivity contribution in [1.29, 1.82) is 0 Å². The zero-order valence-electron chi connectivity index (χ0n) is 15.7. The van der Waals surface area contributed by atoms with E-state index in [-0.39, 0.29) is 0 Å². The Kier molecular flexibility index (Phi) is 7.15. The Morgan fingerprint density at radius 1 is 1.17 bits per heavy atom. The molecule has 0 aromatic rings. The molecule has 1 saturated heterocycles. The molecule has 5 nitrogen and oxygen atoms in total. The van der Waals surface area contributed by atoms with Crippen molar-refractivity contribution in [2.45, 2.75) is 39.5 Å². The molecule has 2 rings (SSSR count). The molecule has 1 unspecified atom stereocenters. The van der Waals surface area contributed by atoms with Gasteiger partial charge in [0.05, 0.1) is 0 Å². The number of aliphatic imine (C=N–C) groups is 1. The molecule has 5 heteroatoms. The van der Waals surface area contributed by atoms with Gasteiger partial charge in [-0.3, -0.25) is 4.99 Å². The third kappa shape index (κ3) is 5.64. The molecule has 0 spiro atoms. The van der Waals surface area contributed by atoms with Crippen molar-refractivity contribution >= 4 is 5.96 Å². The van der Waals surface area contributed by atoms with Crippen molar-refractivity contribution in [3.8, 4) is 0 Å². The quantitative estimate of drug-likeness (QED) is 0.552. The molecule has 1 atom stereocenters. The minimum absolute atomic E-state index is 0.531. The fraction of sp³-hybridized carbons (Fsp3) is 0.944. The van der Waals surface area contributed by atoms with E-state index in [2.05, 4.69) is 46.3 Å². The van der Waals surface area contributed by atoms with E-state index in [1.54, 1.807) is 0 Å². The average Bonchev–Trinajstić information content (AvgIpc) is 2.51. The number of rotatable bonds is 7. The van der Waals surface area contributed by atoms with E-state index in [4.69, 9.17) is 0 Å². The molecule has 2 N–H and O–H groups in total. The van der Waals surface area contributed by atoms with Gasteiger partial charge in [-0.05, 0) is 37.6 Å². The summed E-state index contributed by atoms with van der Waals surface area (Å²) >= 11 is 0. The highest BCUT2D eigenvalue weighted by Crippen LogP contribution is 2.42. The monoisotopic (exact) mass is 323 g/mol. The van der Waals surface area contributed by atoms with Crippen LogP contribution in [0.1, 0.15) is 39.5 Å². The smallest absolute Gasteiger partial charge is 0.191 e. The average molecular weight is 324 g/mol. The number of piperazine rings is 1. The Bertz CT molecular complexity index is 364. The maximum absolute atomic E-state index is 4.39. The summed E-state index contributed by atoms with van der Waals surface area (Å²) in [6.45, 7) is 12.7. The van der Waals surface area contributed by atoms with Crippen LogP contribution < -0.4 is 10.6 Å². The molecule has 0 amide bonds. The van der Waals surface area contributed by atoms with Gasteiger partial charge in [0.1, 0.15) is 0 Å². The van der Waals surface area contributed by atoms with Crippen molar-refractivity contribution in [1.82, 2.24) is 20.4 Å². The van der Waals surface area contributed by atoms with Crippen LogP contribution in [0.15, 0.2) is 4.99 Å². The van der Waals surface area contributed by atoms with E-state index in [1.165, 1.54) is 58.4 Å². The maximum Gasteiger partial charge on any atom is 0.191 e. The van der Waals surface area contributed by atoms with Gasteiger partial charge in [-0.1, -0.05) is 20.3 Å². The third-order valence-corrected chi connectivity index (χ3v) is 5.80. The first-order chi connectivity index (χ1) is 11.1. The highest BCUT2D eigenvalue weighted by atomic mass is 15.2. The fourth-order valence-electron chi connectivity index (χ4n) is 3.63. The molecule has 1 aliphatic carbocycles. The lowest BCUT2D eigenvalue weighted by Gasteiger charge is -2.41. The van der Waals surface area contributed by atoms with Crippen LogP contribution in [0, 0.1) is 11.3 Å². The molecule has 1 aliphatic heterocycles. The summed E-state index contributed by atoms with van der Waals surface area (Å²) in [6, 6.07) is 0. The lowest BCUT2D eigenvalue weighted by Crippen LogP contribution is -2.49. The maximum atomic E-state index is 4.39. The number of guanidine groups is 1. The van der Waals surface area contributed by atoms with Gasteiger partial charge in [-0.25, -0.2) is 0 Å². The zero-order valence-corrected chi connectivity index (χ0v) is 15.7. The standard InChI is InChI=1S/C18H37N5/c1-5-18(7-6-8-18)15-21-17(19-3)20-13-16(2)14-23-11-9-22(4)10-12-23/h16H,5-15H2,1-4H3,(H2,19,20,21). The Morgan fingerprint density at radius 2 is 1.87 bits per heavy atom. The van der Waals surface area contributed by atoms with Crippen molar-refractivity contribution in [2.75, 3.05) is 59.9 Å². The molecular weight excluding hydrogens is 286 g/mol. The van der Waals surface area contributed by atoms with Crippen LogP contribution >= 0.6 is 0 Å². The minimum Gasteiger partial charge on any atom is -0.356 e. The molecule has 2 aliphatic rings. The lowest BCUT2D eigenvalue weighted by atomic mass is 9.67. The second-order valence-corrected chi connectivity index (χ2v) is 7.72. The number of likely N-dealkylation sites (N-methyl/N-ethyl adjacent to an activating group) is 1. The first-order valence-electron chi connectivity index (χ1n) is 9.42. The number of hydrogen-bond acceptors (Lipinski definition) is 3. The predicted octanol–water partition coefficient (Wildman–Crippen LogP) is 1.62. The van der Waals surface area contributed by atoms with Gasteiger partial charge in [0.15, 0.2) is 5.96 Å². The summed E-state index contributed by atoms with van der Waals surface area (Å²) in [6.07, 6.45) is 5.40. The zero-order chi connectivity index (χ0) is 16.7. The van der Waals surface area contributed by atoms with Crippen LogP contribution in [-0.2, 0) is 0 Å². The van der Waals surface area contributed by atoms with Crippen molar-refractivity contribution < 1.29 is 0 Å². The second-order valence-electron chi connectivity index (χ2n) is 7.72. The summed E-state index contributed by atoms with van der Waals surface area (Å²) in [5.41, 5.74) is 0.531. The van der Waals surface area contributed by atoms with Crippen LogP contribution in [0.3, 0.4) is 0 Å². The van der Waals surface area contributed by atoms with Crippen LogP contribution in [0.5, 0.6) is 0 Å². The molecule has 1 saturated carbocycles. The first-order valence-corrected chi connectivity index (χ1v) is 9.42. The van der Waals surface area contributed by atoms with Gasteiger partial charge < -0.3 is 20.4 Å². The number of nitrogens with zero attached hydrogens (tertiary/aromatic N) is 3. The van der Waals surface area contributed by atoms with Gasteiger partial charge in [-0.15, -0.1) is 0 Å². The van der Waals surface area contributed by atoms with E-state index in [0.717, 1.165) is 19.0 Å². The van der Waals surface area contributed by atoms with Crippen LogP contribution in [0.2, 0.25) is 0 Å². The van der Waals surface area contributed by atoms with Gasteiger partial charge in [-0.2, -0.15) is 0 Å². The number of nitrogens with one attached hydrogen (secondary N) is 2. The summed E-state index contributed by atoms with van der Waals surface area (Å²) in [5.74, 6) is 1.61. The molecule has 0 aromatic carbocycles. The molecule has 134 valence electrons. The normalized spacial score (nSPS) is 24.1.